The smallest absolute Gasteiger partial charge is 0 e. The van der Waals surface area contributed by atoms with Gasteiger partial charge in [0, 0.05) is 25.8 Å². The van der Waals surface area contributed by atoms with E-state index in [1.807, 2.05) is 0 Å². The molecule has 0 radical (unpaired) electrons. The third-order valence-electron chi connectivity index (χ3n) is 3.67. The fourth-order valence-corrected chi connectivity index (χ4v) is 2.06. The number of aryl methyl sites for hydroxylation is 6. The zero-order chi connectivity index (χ0) is 13.7. The molecule has 0 heterocycles. The van der Waals surface area contributed by atoms with E-state index in [-0.39, 0.29) is 25.8 Å². The Morgan fingerprint density at radius 2 is 1.11 bits per heavy atom. The molecular weight excluding hydrogens is 395 g/mol. The van der Waals surface area contributed by atoms with E-state index in [2.05, 4.69) is 65.8 Å². The molecule has 0 bridgehead atoms. The molecule has 0 unspecified atom stereocenters. The molecule has 0 aliphatic carbocycles. The molecule has 104 valence electrons. The van der Waals surface area contributed by atoms with Gasteiger partial charge in [-0.3, -0.25) is 0 Å². The van der Waals surface area contributed by atoms with Crippen LogP contribution in [0.5, 0.6) is 0 Å². The number of rotatable bonds is 2. The zero-order valence-corrected chi connectivity index (χ0v) is 16.8. The van der Waals surface area contributed by atoms with Crippen molar-refractivity contribution in [2.45, 2.75) is 54.4 Å². The van der Waals surface area contributed by atoms with Gasteiger partial charge < -0.3 is 0 Å². The average molecular weight is 421 g/mol. The summed E-state index contributed by atoms with van der Waals surface area (Å²) in [5.41, 5.74) is 8.62. The molecule has 0 saturated carbocycles. The van der Waals surface area contributed by atoms with Crippen molar-refractivity contribution in [3.63, 3.8) is 0 Å². The van der Waals surface area contributed by atoms with Gasteiger partial charge in [-0.15, -0.1) is 0 Å². The van der Waals surface area contributed by atoms with E-state index in [1.165, 1.54) is 33.4 Å². The fourth-order valence-electron chi connectivity index (χ4n) is 2.06. The van der Waals surface area contributed by atoms with Gasteiger partial charge >= 0.3 is 0 Å². The minimum atomic E-state index is 0. The van der Waals surface area contributed by atoms with Crippen LogP contribution < -0.4 is 0 Å². The molecule has 2 aromatic carbocycles. The van der Waals surface area contributed by atoms with Gasteiger partial charge in [0.25, 0.3) is 0 Å². The van der Waals surface area contributed by atoms with Gasteiger partial charge in [0.15, 0.2) is 0 Å². The van der Waals surface area contributed by atoms with Gasteiger partial charge in [-0.2, -0.15) is 45.5 Å². The Kier molecular flexibility index (Phi) is 8.49. The first kappa shape index (κ1) is 18.6. The van der Waals surface area contributed by atoms with Crippen LogP contribution in [0.15, 0.2) is 24.3 Å². The summed E-state index contributed by atoms with van der Waals surface area (Å²) in [5, 5.41) is 0. The van der Waals surface area contributed by atoms with Crippen molar-refractivity contribution >= 4 is 0 Å². The maximum absolute atomic E-state index is 2.26. The summed E-state index contributed by atoms with van der Waals surface area (Å²) >= 11 is 0. The Morgan fingerprint density at radius 1 is 0.789 bits per heavy atom. The molecule has 0 saturated heterocycles. The normalized spacial score (nSPS) is 9.58. The monoisotopic (exact) mass is 422 g/mol. The number of hydrogen-bond donors (Lipinski definition) is 0. The summed E-state index contributed by atoms with van der Waals surface area (Å²) in [5.74, 6) is 0. The molecule has 0 aliphatic heterocycles. The second kappa shape index (κ2) is 8.68. The van der Waals surface area contributed by atoms with Crippen molar-refractivity contribution in [1.82, 2.24) is 0 Å². The van der Waals surface area contributed by atoms with Gasteiger partial charge in [0.05, 0.1) is 0 Å². The van der Waals surface area contributed by atoms with Crippen molar-refractivity contribution in [2.24, 2.45) is 0 Å². The van der Waals surface area contributed by atoms with Gasteiger partial charge in [-0.1, -0.05) is 54.4 Å². The number of hydrogen-bond acceptors (Lipinski definition) is 0. The molecule has 0 nitrogen and oxygen atoms in total. The van der Waals surface area contributed by atoms with Crippen LogP contribution in [-0.2, 0) is 38.7 Å². The molecule has 0 spiro atoms. The third-order valence-corrected chi connectivity index (χ3v) is 3.67. The van der Waals surface area contributed by atoms with Gasteiger partial charge in [0.2, 0.25) is 0 Å². The van der Waals surface area contributed by atoms with Crippen LogP contribution in [0.25, 0.3) is 0 Å². The second-order valence-corrected chi connectivity index (χ2v) is 5.17. The average Bonchev–Trinajstić information content (AvgIpc) is 2.84. The largest absolute Gasteiger partial charge is 0.207 e. The first-order valence-corrected chi connectivity index (χ1v) is 6.93. The summed E-state index contributed by atoms with van der Waals surface area (Å²) in [7, 11) is 0. The summed E-state index contributed by atoms with van der Waals surface area (Å²) < 4.78 is 0. The van der Waals surface area contributed by atoms with Crippen LogP contribution >= 0.6 is 0 Å². The van der Waals surface area contributed by atoms with E-state index in [0.717, 1.165) is 12.8 Å². The van der Waals surface area contributed by atoms with E-state index in [0.29, 0.717) is 0 Å². The van der Waals surface area contributed by atoms with Crippen molar-refractivity contribution < 1.29 is 25.8 Å². The Balaban J connectivity index is 0.000000324. The molecule has 19 heavy (non-hydrogen) atoms. The molecule has 0 amide bonds. The minimum absolute atomic E-state index is 0. The van der Waals surface area contributed by atoms with Crippen molar-refractivity contribution in [3.05, 3.63) is 57.6 Å². The molecular formula is C18H26Hf-2. The van der Waals surface area contributed by atoms with E-state index >= 15 is 0 Å². The van der Waals surface area contributed by atoms with Gasteiger partial charge in [-0.25, -0.2) is 12.1 Å². The maximum atomic E-state index is 2.26. The molecule has 0 aliphatic rings. The molecule has 2 aromatic rings. The second-order valence-electron chi connectivity index (χ2n) is 5.17. The topological polar surface area (TPSA) is 0 Å². The van der Waals surface area contributed by atoms with Crippen molar-refractivity contribution in [1.29, 1.82) is 0 Å². The Bertz CT molecular complexity index is 401. The first-order valence-electron chi connectivity index (χ1n) is 6.93. The van der Waals surface area contributed by atoms with Crippen LogP contribution in [0, 0.1) is 27.7 Å². The summed E-state index contributed by atoms with van der Waals surface area (Å²) in [6.07, 6.45) is 2.32. The first-order chi connectivity index (χ1) is 8.47. The quantitative estimate of drug-likeness (QED) is 0.464. The summed E-state index contributed by atoms with van der Waals surface area (Å²) in [4.78, 5) is 0. The van der Waals surface area contributed by atoms with E-state index < -0.39 is 0 Å². The molecule has 0 atom stereocenters. The van der Waals surface area contributed by atoms with Crippen LogP contribution in [-0.4, -0.2) is 0 Å². The summed E-state index contributed by atoms with van der Waals surface area (Å²) in [6, 6.07) is 9.04. The predicted molar refractivity (Wildman–Crippen MR) is 81.8 cm³/mol. The predicted octanol–water partition coefficient (Wildman–Crippen LogP) is 5.17. The van der Waals surface area contributed by atoms with E-state index in [9.17, 15) is 0 Å². The molecule has 2 rings (SSSR count). The molecule has 0 N–H and O–H groups in total. The van der Waals surface area contributed by atoms with Gasteiger partial charge in [-0.05, 0) is 0 Å². The fraction of sp³-hybridized carbons (Fsp3) is 0.444. The summed E-state index contributed by atoms with van der Waals surface area (Å²) in [6.45, 7) is 13.0. The maximum Gasteiger partial charge on any atom is 0 e. The Morgan fingerprint density at radius 3 is 1.21 bits per heavy atom. The van der Waals surface area contributed by atoms with Crippen LogP contribution in [0.2, 0.25) is 0 Å². The van der Waals surface area contributed by atoms with Crippen LogP contribution in [0.1, 0.15) is 47.2 Å². The zero-order valence-electron chi connectivity index (χ0n) is 13.2. The van der Waals surface area contributed by atoms with E-state index in [1.54, 1.807) is 0 Å². The Labute approximate surface area is 137 Å². The van der Waals surface area contributed by atoms with Crippen LogP contribution in [0.4, 0.5) is 0 Å². The van der Waals surface area contributed by atoms with Crippen LogP contribution in [0.3, 0.4) is 0 Å². The Hall–Kier alpha value is -0.430. The van der Waals surface area contributed by atoms with E-state index in [4.69, 9.17) is 0 Å². The third kappa shape index (κ3) is 5.60. The SMILES string of the molecule is CCc1cc(C)[c-](C)c1.CCc1cc(C)[c-](C)c1.[Hf]. The molecule has 1 heteroatoms. The molecule has 0 aromatic heterocycles. The van der Waals surface area contributed by atoms with Crippen molar-refractivity contribution in [2.75, 3.05) is 0 Å². The van der Waals surface area contributed by atoms with Crippen molar-refractivity contribution in [3.8, 4) is 0 Å². The standard InChI is InChI=1S/2C9H13.Hf/c2*1-4-9-5-7(2)8(3)6-9;/h2*5-6H,4H2,1-3H3;/q2*-1;. The minimum Gasteiger partial charge on any atom is -0.207 e. The molecule has 0 fully saturated rings. The van der Waals surface area contributed by atoms with Gasteiger partial charge in [0.1, 0.15) is 0 Å².